The Bertz CT molecular complexity index is 2680. The molecular weight excluding hydrogens is 727 g/mol. The molecule has 3 aliphatic heterocycles. The molecule has 0 amide bonds. The molecule has 0 atom stereocenters. The molecular formula is C52H59BN2O2S. The first kappa shape index (κ1) is 38.8. The fourth-order valence-electron chi connectivity index (χ4n) is 9.69. The normalized spacial score (nSPS) is 14.7. The van der Waals surface area contributed by atoms with Crippen LogP contribution in [0.5, 0.6) is 11.5 Å². The first-order chi connectivity index (χ1) is 27.1. The van der Waals surface area contributed by atoms with Crippen molar-refractivity contribution in [2.75, 3.05) is 16.6 Å². The smallest absolute Gasteiger partial charge is 0.264 e. The Hall–Kier alpha value is -4.68. The minimum Gasteiger partial charge on any atom is -0.454 e. The van der Waals surface area contributed by atoms with Crippen molar-refractivity contribution in [1.82, 2.24) is 0 Å². The van der Waals surface area contributed by atoms with Crippen LogP contribution in [0.3, 0.4) is 0 Å². The molecule has 0 fully saturated rings. The fraction of sp³-hybridized carbons (Fsp3) is 0.385. The highest BCUT2D eigenvalue weighted by Gasteiger charge is 2.47. The number of nitrogens with zero attached hydrogens (tertiary/aromatic N) is 2. The molecule has 0 saturated carbocycles. The van der Waals surface area contributed by atoms with Crippen LogP contribution in [0.15, 0.2) is 66.7 Å². The lowest BCUT2D eigenvalue weighted by Gasteiger charge is -2.45. The highest BCUT2D eigenvalue weighted by atomic mass is 32.1. The molecule has 0 aliphatic carbocycles. The number of benzene rings is 5. The van der Waals surface area contributed by atoms with E-state index in [0.29, 0.717) is 5.92 Å². The summed E-state index contributed by atoms with van der Waals surface area (Å²) in [4.78, 5) is 5.27. The van der Waals surface area contributed by atoms with Crippen LogP contribution < -0.4 is 35.0 Å². The van der Waals surface area contributed by atoms with Crippen molar-refractivity contribution in [3.05, 3.63) is 111 Å². The monoisotopic (exact) mass is 786 g/mol. The lowest BCUT2D eigenvalue weighted by Crippen LogP contribution is -2.60. The van der Waals surface area contributed by atoms with Gasteiger partial charge in [0.25, 0.3) is 6.71 Å². The van der Waals surface area contributed by atoms with Crippen LogP contribution in [-0.2, 0) is 16.2 Å². The molecule has 9 rings (SSSR count). The van der Waals surface area contributed by atoms with Crippen molar-refractivity contribution < 1.29 is 9.47 Å². The lowest BCUT2D eigenvalue weighted by molar-refractivity contribution is 0.173. The number of hydrogen-bond acceptors (Lipinski definition) is 5. The van der Waals surface area contributed by atoms with E-state index >= 15 is 0 Å². The Morgan fingerprint density at radius 1 is 0.603 bits per heavy atom. The summed E-state index contributed by atoms with van der Waals surface area (Å²) in [5.41, 5.74) is 20.6. The minimum atomic E-state index is -0.0244. The molecule has 0 saturated heterocycles. The van der Waals surface area contributed by atoms with E-state index < -0.39 is 0 Å². The molecule has 0 N–H and O–H groups in total. The molecule has 0 spiro atoms. The van der Waals surface area contributed by atoms with Crippen LogP contribution in [0.25, 0.3) is 10.1 Å². The predicted molar refractivity (Wildman–Crippen MR) is 251 cm³/mol. The number of thiophene rings is 1. The van der Waals surface area contributed by atoms with Crippen LogP contribution in [0.2, 0.25) is 0 Å². The van der Waals surface area contributed by atoms with Crippen LogP contribution in [-0.4, -0.2) is 13.5 Å². The Morgan fingerprint density at radius 2 is 1.19 bits per heavy atom. The van der Waals surface area contributed by atoms with E-state index in [4.69, 9.17) is 9.47 Å². The predicted octanol–water partition coefficient (Wildman–Crippen LogP) is 13.0. The summed E-state index contributed by atoms with van der Waals surface area (Å²) < 4.78 is 14.9. The van der Waals surface area contributed by atoms with E-state index in [-0.39, 0.29) is 29.8 Å². The van der Waals surface area contributed by atoms with E-state index in [0.717, 1.165) is 17.1 Å². The van der Waals surface area contributed by atoms with Gasteiger partial charge in [-0.1, -0.05) is 106 Å². The van der Waals surface area contributed by atoms with Gasteiger partial charge in [0.1, 0.15) is 0 Å². The molecule has 4 heterocycles. The molecule has 4 nitrogen and oxygen atoms in total. The quantitative estimate of drug-likeness (QED) is 0.167. The van der Waals surface area contributed by atoms with Gasteiger partial charge < -0.3 is 19.3 Å². The summed E-state index contributed by atoms with van der Waals surface area (Å²) in [5, 5.41) is 1.34. The zero-order valence-electron chi connectivity index (χ0n) is 37.3. The van der Waals surface area contributed by atoms with Gasteiger partial charge in [-0.25, -0.2) is 0 Å². The SMILES string of the molecule is Cc1cc(C(C)(C)C)cc(C)c1N1c2cc(C(C)C)cc3c2B(c2cc(C(C)(C)C)ccc2N3c2c(C)cc3c(c2C)OCO3)c2sc3ccc(C(C)(C)C)cc3c21. The van der Waals surface area contributed by atoms with Gasteiger partial charge in [0.2, 0.25) is 6.79 Å². The molecule has 0 unspecified atom stereocenters. The number of rotatable bonds is 3. The van der Waals surface area contributed by atoms with Crippen molar-refractivity contribution in [3.63, 3.8) is 0 Å². The fourth-order valence-corrected chi connectivity index (χ4v) is 11.0. The van der Waals surface area contributed by atoms with Crippen LogP contribution >= 0.6 is 11.3 Å². The largest absolute Gasteiger partial charge is 0.454 e. The van der Waals surface area contributed by atoms with Crippen molar-refractivity contribution in [3.8, 4) is 11.5 Å². The maximum Gasteiger partial charge on any atom is 0.264 e. The maximum atomic E-state index is 6.19. The average molecular weight is 787 g/mol. The zero-order chi connectivity index (χ0) is 41.5. The van der Waals surface area contributed by atoms with Gasteiger partial charge in [0, 0.05) is 37.5 Å². The Labute approximate surface area is 351 Å². The molecule has 298 valence electrons. The first-order valence-corrected chi connectivity index (χ1v) is 22.0. The van der Waals surface area contributed by atoms with Gasteiger partial charge in [-0.3, -0.25) is 0 Å². The van der Waals surface area contributed by atoms with Crippen molar-refractivity contribution in [2.24, 2.45) is 0 Å². The Morgan fingerprint density at radius 3 is 1.81 bits per heavy atom. The van der Waals surface area contributed by atoms with Gasteiger partial charge in [0.05, 0.1) is 17.1 Å². The van der Waals surface area contributed by atoms with E-state index in [9.17, 15) is 0 Å². The number of ether oxygens (including phenoxy) is 2. The molecule has 0 radical (unpaired) electrons. The van der Waals surface area contributed by atoms with Gasteiger partial charge in [0.15, 0.2) is 11.5 Å². The van der Waals surface area contributed by atoms with Crippen LogP contribution in [0.1, 0.15) is 127 Å². The lowest BCUT2D eigenvalue weighted by atomic mass is 9.36. The summed E-state index contributed by atoms with van der Waals surface area (Å²) in [7, 11) is 0. The standard InChI is InChI=1S/C52H59BN2O2S/c1-28(2)33-23-40-44-41(24-33)55(45-29(3)20-36(21-30(45)4)52(13,14)15)47-37-25-34(50(7,8)9)17-19-43(37)58-49(47)53(44)38-26-35(51(10,11)12)16-18-39(38)54(40)46-31(5)22-42-48(32(46)6)57-27-56-42/h16-26,28H,27H2,1-15H3. The topological polar surface area (TPSA) is 24.9 Å². The van der Waals surface area contributed by atoms with E-state index in [2.05, 4.69) is 180 Å². The number of anilines is 6. The Kier molecular flexibility index (Phi) is 8.64. The summed E-state index contributed by atoms with van der Waals surface area (Å²) in [6, 6.07) is 26.6. The van der Waals surface area contributed by atoms with E-state index in [1.54, 1.807) is 0 Å². The second-order valence-electron chi connectivity index (χ2n) is 20.6. The molecule has 5 aromatic carbocycles. The summed E-state index contributed by atoms with van der Waals surface area (Å²) in [6.07, 6.45) is 0. The third kappa shape index (κ3) is 5.83. The highest BCUT2D eigenvalue weighted by Crippen LogP contribution is 2.53. The van der Waals surface area contributed by atoms with Gasteiger partial charge in [-0.2, -0.15) is 0 Å². The number of fused-ring (bicyclic) bond motifs is 7. The third-order valence-electron chi connectivity index (χ3n) is 12.9. The van der Waals surface area contributed by atoms with Gasteiger partial charge in [-0.15, -0.1) is 11.3 Å². The van der Waals surface area contributed by atoms with Crippen LogP contribution in [0, 0.1) is 27.7 Å². The van der Waals surface area contributed by atoms with Gasteiger partial charge >= 0.3 is 0 Å². The average Bonchev–Trinajstić information content (AvgIpc) is 3.76. The molecule has 58 heavy (non-hydrogen) atoms. The molecule has 1 aromatic heterocycles. The third-order valence-corrected chi connectivity index (χ3v) is 14.2. The van der Waals surface area contributed by atoms with E-state index in [1.165, 1.54) is 98.9 Å². The zero-order valence-corrected chi connectivity index (χ0v) is 38.1. The maximum absolute atomic E-state index is 6.19. The molecule has 0 bridgehead atoms. The van der Waals surface area contributed by atoms with Crippen molar-refractivity contribution in [2.45, 2.75) is 126 Å². The van der Waals surface area contributed by atoms with E-state index in [1.807, 2.05) is 11.3 Å². The summed E-state index contributed by atoms with van der Waals surface area (Å²) in [5.74, 6) is 1.99. The summed E-state index contributed by atoms with van der Waals surface area (Å²) >= 11 is 1.99. The molecule has 3 aliphatic rings. The first-order valence-electron chi connectivity index (χ1n) is 21.2. The highest BCUT2D eigenvalue weighted by molar-refractivity contribution is 7.33. The number of hydrogen-bond donors (Lipinski definition) is 0. The van der Waals surface area contributed by atoms with Crippen LogP contribution in [0.4, 0.5) is 34.1 Å². The summed E-state index contributed by atoms with van der Waals surface area (Å²) in [6.45, 7) is 35.0. The second kappa shape index (κ2) is 12.9. The van der Waals surface area contributed by atoms with Crippen molar-refractivity contribution in [1.29, 1.82) is 0 Å². The second-order valence-corrected chi connectivity index (χ2v) is 21.7. The molecule has 6 heteroatoms. The molecule has 6 aromatic rings. The number of aryl methyl sites for hydroxylation is 3. The van der Waals surface area contributed by atoms with Gasteiger partial charge in [-0.05, 0) is 136 Å². The van der Waals surface area contributed by atoms with Crippen molar-refractivity contribution >= 4 is 78.0 Å². The Balaban J connectivity index is 1.46. The minimum absolute atomic E-state index is 0.0124.